The first-order valence-corrected chi connectivity index (χ1v) is 6.45. The molecule has 0 aliphatic carbocycles. The lowest BCUT2D eigenvalue weighted by atomic mass is 10.1. The molecule has 0 radical (unpaired) electrons. The van der Waals surface area contributed by atoms with E-state index in [1.165, 1.54) is 6.07 Å². The maximum atomic E-state index is 13.7. The summed E-state index contributed by atoms with van der Waals surface area (Å²) in [6.45, 7) is 0.341. The maximum Gasteiger partial charge on any atom is 0.224 e. The fraction of sp³-hybridized carbons (Fsp3) is 0.333. The summed E-state index contributed by atoms with van der Waals surface area (Å²) in [4.78, 5) is 22.6. The monoisotopic (exact) mass is 332 g/mol. The second kappa shape index (κ2) is 5.64. The highest BCUT2D eigenvalue weighted by atomic mass is 79.9. The molecule has 1 saturated heterocycles. The molecule has 102 valence electrons. The quantitative estimate of drug-likeness (QED) is 0.819. The van der Waals surface area contributed by atoms with E-state index in [-0.39, 0.29) is 28.4 Å². The van der Waals surface area contributed by atoms with Crippen LogP contribution in [0.3, 0.4) is 0 Å². The summed E-state index contributed by atoms with van der Waals surface area (Å²) in [6, 6.07) is 2.01. The van der Waals surface area contributed by atoms with Gasteiger partial charge in [0.1, 0.15) is 11.6 Å². The number of amides is 2. The van der Waals surface area contributed by atoms with Crippen LogP contribution in [0.5, 0.6) is 0 Å². The van der Waals surface area contributed by atoms with Crippen molar-refractivity contribution in [3.8, 4) is 0 Å². The first-order valence-electron chi connectivity index (χ1n) is 5.66. The molecule has 2 amide bonds. The molecule has 1 unspecified atom stereocenters. The number of hydrogen-bond donors (Lipinski definition) is 2. The summed E-state index contributed by atoms with van der Waals surface area (Å²) in [5.41, 5.74) is -0.288. The Morgan fingerprint density at radius 1 is 1.47 bits per heavy atom. The molecule has 0 saturated carbocycles. The molecule has 1 fully saturated rings. The Hall–Kier alpha value is -1.50. The van der Waals surface area contributed by atoms with E-state index in [9.17, 15) is 18.4 Å². The first kappa shape index (κ1) is 13.9. The molecule has 0 aromatic heterocycles. The topological polar surface area (TPSA) is 58.2 Å². The third-order valence-corrected chi connectivity index (χ3v) is 3.43. The van der Waals surface area contributed by atoms with Crippen LogP contribution in [0.2, 0.25) is 0 Å². The molecule has 1 atom stereocenters. The van der Waals surface area contributed by atoms with E-state index < -0.39 is 24.0 Å². The molecule has 1 aromatic rings. The van der Waals surface area contributed by atoms with Crippen molar-refractivity contribution < 1.29 is 18.4 Å². The van der Waals surface area contributed by atoms with E-state index in [0.29, 0.717) is 6.54 Å². The number of carbonyl (C=O) groups is 2. The highest BCUT2D eigenvalue weighted by Crippen LogP contribution is 2.22. The van der Waals surface area contributed by atoms with Gasteiger partial charge in [0.2, 0.25) is 11.8 Å². The number of rotatable bonds is 3. The zero-order valence-corrected chi connectivity index (χ0v) is 11.4. The number of benzene rings is 1. The molecular weight excluding hydrogens is 322 g/mol. The molecule has 1 heterocycles. The fourth-order valence-corrected chi connectivity index (χ4v) is 2.25. The van der Waals surface area contributed by atoms with Gasteiger partial charge in [0.15, 0.2) is 0 Å². The lowest BCUT2D eigenvalue weighted by molar-refractivity contribution is -0.121. The van der Waals surface area contributed by atoms with Crippen molar-refractivity contribution in [3.63, 3.8) is 0 Å². The first-order chi connectivity index (χ1) is 8.97. The fourth-order valence-electron chi connectivity index (χ4n) is 1.88. The predicted octanol–water partition coefficient (Wildman–Crippen LogP) is 1.27. The lowest BCUT2D eigenvalue weighted by Gasteiger charge is -2.11. The van der Waals surface area contributed by atoms with E-state index in [4.69, 9.17) is 0 Å². The van der Waals surface area contributed by atoms with Gasteiger partial charge in [-0.1, -0.05) is 0 Å². The van der Waals surface area contributed by atoms with E-state index >= 15 is 0 Å². The van der Waals surface area contributed by atoms with Crippen molar-refractivity contribution in [3.05, 3.63) is 33.8 Å². The average Bonchev–Trinajstić information content (AvgIpc) is 2.75. The summed E-state index contributed by atoms with van der Waals surface area (Å²) in [7, 11) is 0. The van der Waals surface area contributed by atoms with Crippen molar-refractivity contribution in [1.82, 2.24) is 10.6 Å². The van der Waals surface area contributed by atoms with Gasteiger partial charge < -0.3 is 10.6 Å². The average molecular weight is 333 g/mol. The molecule has 4 nitrogen and oxygen atoms in total. The van der Waals surface area contributed by atoms with E-state index in [1.54, 1.807) is 0 Å². The summed E-state index contributed by atoms with van der Waals surface area (Å²) < 4.78 is 27.2. The van der Waals surface area contributed by atoms with Crippen LogP contribution in [0, 0.1) is 11.6 Å². The normalized spacial score (nSPS) is 18.3. The summed E-state index contributed by atoms with van der Waals surface area (Å²) in [5, 5.41) is 5.12. The molecule has 1 aliphatic rings. The molecule has 0 spiro atoms. The van der Waals surface area contributed by atoms with Crippen LogP contribution in [0.15, 0.2) is 16.6 Å². The Morgan fingerprint density at radius 2 is 2.21 bits per heavy atom. The highest BCUT2D eigenvalue weighted by molar-refractivity contribution is 9.10. The van der Waals surface area contributed by atoms with Crippen molar-refractivity contribution in [2.75, 3.05) is 6.54 Å². The van der Waals surface area contributed by atoms with Crippen LogP contribution < -0.4 is 10.6 Å². The third kappa shape index (κ3) is 3.28. The van der Waals surface area contributed by atoms with Gasteiger partial charge in [-0.05, 0) is 28.1 Å². The maximum absolute atomic E-state index is 13.7. The standard InChI is InChI=1S/C12H11BrF2N2O2/c13-8-1-2-9(14)7(12(8)15)4-11(19)17-6-3-10(18)16-5-6/h1-2,6H,3-5H2,(H,16,18)(H,17,19). The number of nitrogens with one attached hydrogen (secondary N) is 2. The zero-order valence-electron chi connectivity index (χ0n) is 9.80. The second-order valence-electron chi connectivity index (χ2n) is 4.27. The molecule has 1 aliphatic heterocycles. The van der Waals surface area contributed by atoms with Crippen LogP contribution in [0.25, 0.3) is 0 Å². The highest BCUT2D eigenvalue weighted by Gasteiger charge is 2.24. The SMILES string of the molecule is O=C1CC(NC(=O)Cc2c(F)ccc(Br)c2F)CN1. The van der Waals surface area contributed by atoms with Gasteiger partial charge in [-0.25, -0.2) is 8.78 Å². The van der Waals surface area contributed by atoms with Gasteiger partial charge in [-0.2, -0.15) is 0 Å². The minimum absolute atomic E-state index is 0.106. The number of hydrogen-bond acceptors (Lipinski definition) is 2. The molecule has 2 rings (SSSR count). The van der Waals surface area contributed by atoms with E-state index in [0.717, 1.165) is 6.07 Å². The van der Waals surface area contributed by atoms with Gasteiger partial charge in [0.25, 0.3) is 0 Å². The Morgan fingerprint density at radius 3 is 2.84 bits per heavy atom. The van der Waals surface area contributed by atoms with Crippen molar-refractivity contribution in [2.45, 2.75) is 18.9 Å². The molecule has 1 aromatic carbocycles. The van der Waals surface area contributed by atoms with Gasteiger partial charge in [0.05, 0.1) is 16.9 Å². The van der Waals surface area contributed by atoms with Crippen LogP contribution >= 0.6 is 15.9 Å². The van der Waals surface area contributed by atoms with Crippen molar-refractivity contribution >= 4 is 27.7 Å². The minimum atomic E-state index is -0.782. The van der Waals surface area contributed by atoms with Crippen molar-refractivity contribution in [2.24, 2.45) is 0 Å². The lowest BCUT2D eigenvalue weighted by Crippen LogP contribution is -2.37. The Bertz CT molecular complexity index is 537. The second-order valence-corrected chi connectivity index (χ2v) is 5.13. The molecule has 2 N–H and O–H groups in total. The van der Waals surface area contributed by atoms with E-state index in [1.807, 2.05) is 0 Å². The molecule has 0 bridgehead atoms. The van der Waals surface area contributed by atoms with Gasteiger partial charge in [0, 0.05) is 18.5 Å². The van der Waals surface area contributed by atoms with Gasteiger partial charge in [-0.15, -0.1) is 0 Å². The van der Waals surface area contributed by atoms with Gasteiger partial charge >= 0.3 is 0 Å². The van der Waals surface area contributed by atoms with Crippen LogP contribution in [-0.4, -0.2) is 24.4 Å². The van der Waals surface area contributed by atoms with Crippen LogP contribution in [0.4, 0.5) is 8.78 Å². The van der Waals surface area contributed by atoms with Crippen LogP contribution in [-0.2, 0) is 16.0 Å². The van der Waals surface area contributed by atoms with Crippen molar-refractivity contribution in [1.29, 1.82) is 0 Å². The minimum Gasteiger partial charge on any atom is -0.354 e. The number of carbonyl (C=O) groups excluding carboxylic acids is 2. The van der Waals surface area contributed by atoms with Crippen LogP contribution in [0.1, 0.15) is 12.0 Å². The Balaban J connectivity index is 2.03. The molecular formula is C12H11BrF2N2O2. The Labute approximate surface area is 116 Å². The summed E-state index contributed by atoms with van der Waals surface area (Å²) >= 11 is 2.94. The van der Waals surface area contributed by atoms with Gasteiger partial charge in [-0.3, -0.25) is 9.59 Å². The largest absolute Gasteiger partial charge is 0.354 e. The predicted molar refractivity (Wildman–Crippen MR) is 67.3 cm³/mol. The molecule has 19 heavy (non-hydrogen) atoms. The Kier molecular flexibility index (Phi) is 4.14. The van der Waals surface area contributed by atoms with E-state index in [2.05, 4.69) is 26.6 Å². The third-order valence-electron chi connectivity index (χ3n) is 2.82. The summed E-state index contributed by atoms with van der Waals surface area (Å²) in [6.07, 6.45) is -0.211. The smallest absolute Gasteiger partial charge is 0.224 e. The molecule has 7 heteroatoms. The zero-order chi connectivity index (χ0) is 14.0. The number of halogens is 3. The summed E-state index contributed by atoms with van der Waals surface area (Å²) in [5.74, 6) is -2.21.